The maximum absolute atomic E-state index is 14.9. The van der Waals surface area contributed by atoms with E-state index < -0.39 is 41.0 Å². The van der Waals surface area contributed by atoms with Crippen molar-refractivity contribution in [3.05, 3.63) is 119 Å². The lowest BCUT2D eigenvalue weighted by atomic mass is 9.44. The van der Waals surface area contributed by atoms with Crippen LogP contribution in [-0.4, -0.2) is 51.0 Å². The molecule has 244 valence electrons. The van der Waals surface area contributed by atoms with Gasteiger partial charge in [0.2, 0.25) is 11.8 Å². The van der Waals surface area contributed by atoms with Gasteiger partial charge in [0.15, 0.2) is 11.6 Å². The zero-order valence-electron chi connectivity index (χ0n) is 26.5. The summed E-state index contributed by atoms with van der Waals surface area (Å²) in [6.07, 6.45) is 5.71. The third-order valence-corrected chi connectivity index (χ3v) is 11.0. The van der Waals surface area contributed by atoms with Crippen molar-refractivity contribution in [3.8, 4) is 5.75 Å². The van der Waals surface area contributed by atoms with E-state index in [1.165, 1.54) is 11.0 Å². The SMILES string of the molecule is O=C(O)CCCCCN1C(=O)[C@H]2[C@H](CC=C3[C@H]2C[C@H]2C(=O)C(c4ccccc4)=CC(=O)[C@@]2(c2ccccc2)[C@H]3c2ccc(O)cc2)C1=O. The van der Waals surface area contributed by atoms with Crippen LogP contribution in [0.5, 0.6) is 5.75 Å². The molecule has 7 rings (SSSR count). The Morgan fingerprint density at radius 3 is 2.19 bits per heavy atom. The van der Waals surface area contributed by atoms with Crippen LogP contribution in [0, 0.1) is 23.7 Å². The standard InChI is InChI=1S/C40H37NO7/c42-27-17-15-25(16-18-27)36-28-19-20-29-35(39(48)41(38(29)47)21-9-3-8-14-34(44)45)31(28)22-32-37(46)30(24-10-4-1-5-11-24)23-33(43)40(32,36)26-12-6-2-7-13-26/h1-2,4-7,10-13,15-19,23,29,31-32,35-36,42H,3,8-9,14,20-22H2,(H,44,45)/t29-,31+,32-,35-,36-,40-/m0/s1. The summed E-state index contributed by atoms with van der Waals surface area (Å²) in [5.74, 6) is -4.77. The zero-order chi connectivity index (χ0) is 33.6. The van der Waals surface area contributed by atoms with E-state index in [2.05, 4.69) is 0 Å². The van der Waals surface area contributed by atoms with Crippen molar-refractivity contribution in [2.45, 2.75) is 49.9 Å². The Bertz CT molecular complexity index is 1850. The van der Waals surface area contributed by atoms with Crippen molar-refractivity contribution >= 4 is 34.9 Å². The molecule has 8 heteroatoms. The minimum Gasteiger partial charge on any atom is -0.508 e. The van der Waals surface area contributed by atoms with Gasteiger partial charge in [-0.1, -0.05) is 90.9 Å². The number of unbranched alkanes of at least 4 members (excludes halogenated alkanes) is 2. The minimum absolute atomic E-state index is 0.0395. The Balaban J connectivity index is 1.36. The van der Waals surface area contributed by atoms with Gasteiger partial charge in [-0.15, -0.1) is 0 Å². The predicted octanol–water partition coefficient (Wildman–Crippen LogP) is 5.86. The van der Waals surface area contributed by atoms with Crippen molar-refractivity contribution in [1.82, 2.24) is 4.90 Å². The summed E-state index contributed by atoms with van der Waals surface area (Å²) in [6, 6.07) is 25.3. The van der Waals surface area contributed by atoms with E-state index in [0.717, 1.165) is 11.1 Å². The molecule has 1 saturated heterocycles. The lowest BCUT2D eigenvalue weighted by Crippen LogP contribution is -2.58. The van der Waals surface area contributed by atoms with E-state index in [9.17, 15) is 29.1 Å². The first kappa shape index (κ1) is 31.5. The van der Waals surface area contributed by atoms with E-state index in [0.29, 0.717) is 42.4 Å². The Kier molecular flexibility index (Phi) is 8.19. The summed E-state index contributed by atoms with van der Waals surface area (Å²) in [6.45, 7) is 0.226. The van der Waals surface area contributed by atoms with Crippen LogP contribution >= 0.6 is 0 Å². The smallest absolute Gasteiger partial charge is 0.303 e. The van der Waals surface area contributed by atoms with Gasteiger partial charge < -0.3 is 10.2 Å². The number of amides is 2. The first-order valence-electron chi connectivity index (χ1n) is 16.7. The molecule has 0 aromatic heterocycles. The molecular weight excluding hydrogens is 606 g/mol. The molecule has 48 heavy (non-hydrogen) atoms. The Hall–Kier alpha value is -5.11. The first-order valence-corrected chi connectivity index (χ1v) is 16.7. The lowest BCUT2D eigenvalue weighted by molar-refractivity contribution is -0.141. The molecule has 3 aliphatic carbocycles. The van der Waals surface area contributed by atoms with Crippen LogP contribution in [0.3, 0.4) is 0 Å². The molecule has 0 spiro atoms. The average Bonchev–Trinajstić information content (AvgIpc) is 3.34. The number of fused-ring (bicyclic) bond motifs is 4. The summed E-state index contributed by atoms with van der Waals surface area (Å²) in [7, 11) is 0. The van der Waals surface area contributed by atoms with Crippen molar-refractivity contribution in [3.63, 3.8) is 0 Å². The first-order chi connectivity index (χ1) is 23.2. The van der Waals surface area contributed by atoms with Crippen LogP contribution in [0.4, 0.5) is 0 Å². The Morgan fingerprint density at radius 2 is 1.50 bits per heavy atom. The lowest BCUT2D eigenvalue weighted by Gasteiger charge is -2.55. The molecule has 3 aromatic carbocycles. The van der Waals surface area contributed by atoms with Crippen LogP contribution in [-0.2, 0) is 29.4 Å². The number of nitrogens with zero attached hydrogens (tertiary/aromatic N) is 1. The molecule has 0 unspecified atom stereocenters. The highest BCUT2D eigenvalue weighted by molar-refractivity contribution is 6.31. The van der Waals surface area contributed by atoms with Gasteiger partial charge in [-0.05, 0) is 66.5 Å². The largest absolute Gasteiger partial charge is 0.508 e. The van der Waals surface area contributed by atoms with Crippen molar-refractivity contribution < 1.29 is 34.2 Å². The number of aliphatic carboxylic acids is 1. The van der Waals surface area contributed by atoms with Crippen LogP contribution < -0.4 is 0 Å². The number of rotatable bonds is 9. The summed E-state index contributed by atoms with van der Waals surface area (Å²) >= 11 is 0. The third kappa shape index (κ3) is 5.02. The van der Waals surface area contributed by atoms with Gasteiger partial charge in [-0.3, -0.25) is 28.9 Å². The topological polar surface area (TPSA) is 129 Å². The van der Waals surface area contributed by atoms with E-state index in [4.69, 9.17) is 5.11 Å². The monoisotopic (exact) mass is 643 g/mol. The number of aromatic hydroxyl groups is 1. The highest BCUT2D eigenvalue weighted by atomic mass is 16.4. The van der Waals surface area contributed by atoms with E-state index in [-0.39, 0.29) is 48.5 Å². The second-order valence-corrected chi connectivity index (χ2v) is 13.4. The fraction of sp³-hybridized carbons (Fsp3) is 0.325. The summed E-state index contributed by atoms with van der Waals surface area (Å²) in [4.78, 5) is 70.0. The number of imide groups is 1. The highest BCUT2D eigenvalue weighted by Crippen LogP contribution is 2.63. The van der Waals surface area contributed by atoms with Gasteiger partial charge in [0, 0.05) is 30.4 Å². The molecule has 0 bridgehead atoms. The number of carbonyl (C=O) groups is 5. The molecular formula is C40H37NO7. The number of Topliss-reactive ketones (excluding diaryl/α,β-unsaturated/α-hetero) is 1. The Morgan fingerprint density at radius 1 is 0.812 bits per heavy atom. The number of phenolic OH excluding ortho intramolecular Hbond substituents is 1. The molecule has 8 nitrogen and oxygen atoms in total. The molecule has 1 saturated carbocycles. The normalized spacial score (nSPS) is 27.9. The number of carboxylic acid groups (broad SMARTS) is 1. The van der Waals surface area contributed by atoms with Crippen molar-refractivity contribution in [2.24, 2.45) is 23.7 Å². The molecule has 4 aliphatic rings. The number of carboxylic acids is 1. The molecule has 0 radical (unpaired) electrons. The molecule has 2 fully saturated rings. The molecule has 1 heterocycles. The van der Waals surface area contributed by atoms with Gasteiger partial charge >= 0.3 is 5.97 Å². The third-order valence-electron chi connectivity index (χ3n) is 11.0. The number of ketones is 2. The fourth-order valence-electron chi connectivity index (χ4n) is 8.92. The van der Waals surface area contributed by atoms with E-state index in [1.807, 2.05) is 66.7 Å². The molecule has 1 aliphatic heterocycles. The summed E-state index contributed by atoms with van der Waals surface area (Å²) < 4.78 is 0. The number of phenols is 1. The number of likely N-dealkylation sites (tertiary alicyclic amines) is 1. The van der Waals surface area contributed by atoms with E-state index >= 15 is 0 Å². The quantitative estimate of drug-likeness (QED) is 0.170. The van der Waals surface area contributed by atoms with E-state index in [1.54, 1.807) is 24.3 Å². The second-order valence-electron chi connectivity index (χ2n) is 13.4. The van der Waals surface area contributed by atoms with Crippen molar-refractivity contribution in [1.29, 1.82) is 0 Å². The molecule has 2 amide bonds. The van der Waals surface area contributed by atoms with Gasteiger partial charge in [0.1, 0.15) is 5.75 Å². The number of hydrogen-bond donors (Lipinski definition) is 2. The number of carbonyl (C=O) groups excluding carboxylic acids is 4. The van der Waals surface area contributed by atoms with Gasteiger partial charge in [-0.25, -0.2) is 0 Å². The summed E-state index contributed by atoms with van der Waals surface area (Å²) in [5, 5.41) is 19.2. The second kappa shape index (κ2) is 12.5. The number of hydrogen-bond acceptors (Lipinski definition) is 6. The van der Waals surface area contributed by atoms with Crippen molar-refractivity contribution in [2.75, 3.05) is 6.54 Å². The van der Waals surface area contributed by atoms with Crippen LogP contribution in [0.25, 0.3) is 5.57 Å². The number of allylic oxidation sites excluding steroid dienone is 4. The van der Waals surface area contributed by atoms with Crippen LogP contribution in [0.15, 0.2) is 103 Å². The maximum Gasteiger partial charge on any atom is 0.303 e. The minimum atomic E-state index is -1.31. The van der Waals surface area contributed by atoms with Gasteiger partial charge in [0.25, 0.3) is 0 Å². The Labute approximate surface area is 278 Å². The van der Waals surface area contributed by atoms with Crippen LogP contribution in [0.2, 0.25) is 0 Å². The average molecular weight is 644 g/mol. The maximum atomic E-state index is 14.9. The number of benzene rings is 3. The summed E-state index contributed by atoms with van der Waals surface area (Å²) in [5.41, 5.74) is 2.04. The zero-order valence-corrected chi connectivity index (χ0v) is 26.5. The molecule has 2 N–H and O–H groups in total. The highest BCUT2D eigenvalue weighted by Gasteiger charge is 2.65. The molecule has 6 atom stereocenters. The van der Waals surface area contributed by atoms with Gasteiger partial charge in [0.05, 0.1) is 17.3 Å². The molecule has 3 aromatic rings. The fourth-order valence-corrected chi connectivity index (χ4v) is 8.92. The predicted molar refractivity (Wildman–Crippen MR) is 178 cm³/mol. The van der Waals surface area contributed by atoms with Crippen LogP contribution in [0.1, 0.15) is 61.1 Å². The van der Waals surface area contributed by atoms with Gasteiger partial charge in [-0.2, -0.15) is 0 Å².